The van der Waals surface area contributed by atoms with Gasteiger partial charge in [0.2, 0.25) is 0 Å². The molecule has 5 rings (SSSR count). The van der Waals surface area contributed by atoms with Crippen molar-refractivity contribution in [2.75, 3.05) is 10.6 Å². The van der Waals surface area contributed by atoms with Crippen molar-refractivity contribution in [1.82, 2.24) is 9.97 Å². The molecule has 2 aromatic heterocycles. The van der Waals surface area contributed by atoms with Crippen molar-refractivity contribution in [2.24, 2.45) is 0 Å². The summed E-state index contributed by atoms with van der Waals surface area (Å²) in [6, 6.07) is 28.7. The predicted octanol–water partition coefficient (Wildman–Crippen LogP) is 7.73. The van der Waals surface area contributed by atoms with Crippen molar-refractivity contribution in [3.63, 3.8) is 0 Å². The number of pyridine rings is 2. The van der Waals surface area contributed by atoms with E-state index >= 15 is 0 Å². The van der Waals surface area contributed by atoms with Crippen LogP contribution in [-0.4, -0.2) is 9.97 Å². The number of aromatic nitrogens is 2. The molecule has 0 bridgehead atoms. The van der Waals surface area contributed by atoms with Gasteiger partial charge in [-0.25, -0.2) is 9.97 Å². The molecule has 0 saturated heterocycles. The number of nitrogens with zero attached hydrogens (tertiary/aromatic N) is 2. The molecule has 0 radical (unpaired) electrons. The molecule has 0 aliphatic rings. The highest BCUT2D eigenvalue weighted by Gasteiger charge is 2.05. The van der Waals surface area contributed by atoms with E-state index in [0.29, 0.717) is 0 Å². The monoisotopic (exact) mass is 462 g/mol. The van der Waals surface area contributed by atoms with E-state index in [1.54, 1.807) is 0 Å². The summed E-state index contributed by atoms with van der Waals surface area (Å²) in [5, 5.41) is 9.22. The van der Waals surface area contributed by atoms with Gasteiger partial charge in [-0.15, -0.1) is 24.8 Å². The molecule has 5 aromatic rings. The molecule has 0 aliphatic heterocycles. The van der Waals surface area contributed by atoms with Crippen LogP contribution in [0, 0.1) is 13.8 Å². The fourth-order valence-corrected chi connectivity index (χ4v) is 3.80. The molecule has 4 nitrogen and oxygen atoms in total. The van der Waals surface area contributed by atoms with Gasteiger partial charge < -0.3 is 10.6 Å². The van der Waals surface area contributed by atoms with Gasteiger partial charge in [0.1, 0.15) is 11.6 Å². The maximum Gasteiger partial charge on any atom is 0.131 e. The number of fused-ring (bicyclic) bond motifs is 2. The van der Waals surface area contributed by atoms with Crippen LogP contribution in [0.2, 0.25) is 0 Å². The lowest BCUT2D eigenvalue weighted by Crippen LogP contribution is -1.98. The Balaban J connectivity index is 0.00000144. The van der Waals surface area contributed by atoms with Crippen LogP contribution in [0.15, 0.2) is 84.9 Å². The fourth-order valence-electron chi connectivity index (χ4n) is 3.80. The summed E-state index contributed by atoms with van der Waals surface area (Å²) in [5.74, 6) is 1.67. The van der Waals surface area contributed by atoms with E-state index in [0.717, 1.165) is 34.0 Å². The number of aryl methyl sites for hydroxylation is 2. The maximum absolute atomic E-state index is 4.75. The molecule has 0 aliphatic carbocycles. The third-order valence-electron chi connectivity index (χ3n) is 5.25. The van der Waals surface area contributed by atoms with E-state index < -0.39 is 0 Å². The zero-order chi connectivity index (χ0) is 20.5. The summed E-state index contributed by atoms with van der Waals surface area (Å²) in [6.07, 6.45) is 0. The highest BCUT2D eigenvalue weighted by atomic mass is 35.5. The van der Waals surface area contributed by atoms with E-state index in [2.05, 4.69) is 54.8 Å². The van der Waals surface area contributed by atoms with Crippen molar-refractivity contribution in [3.05, 3.63) is 96.1 Å². The topological polar surface area (TPSA) is 49.8 Å². The van der Waals surface area contributed by atoms with Gasteiger partial charge >= 0.3 is 0 Å². The summed E-state index contributed by atoms with van der Waals surface area (Å²) in [4.78, 5) is 9.49. The van der Waals surface area contributed by atoms with Crippen LogP contribution in [0.5, 0.6) is 0 Å². The van der Waals surface area contributed by atoms with Crippen LogP contribution in [0.4, 0.5) is 23.0 Å². The molecular formula is C26H24Cl2N4. The summed E-state index contributed by atoms with van der Waals surface area (Å²) >= 11 is 0. The van der Waals surface area contributed by atoms with Gasteiger partial charge in [-0.3, -0.25) is 0 Å². The molecule has 0 amide bonds. The van der Waals surface area contributed by atoms with Gasteiger partial charge in [-0.05, 0) is 67.4 Å². The van der Waals surface area contributed by atoms with Gasteiger partial charge in [-0.1, -0.05) is 42.5 Å². The standard InChI is InChI=1S/C26H22N4.2ClH/c1-17-14-25(29-23-12-5-3-10-21(17)23)27-19-8-7-9-20(16-19)28-26-15-18(2)22-11-4-6-13-24(22)30-26;;/h3-16H,1-2H3,(H,27,29)(H,28,30);2*1H. The van der Waals surface area contributed by atoms with Crippen LogP contribution in [0.3, 0.4) is 0 Å². The number of rotatable bonds is 4. The van der Waals surface area contributed by atoms with Crippen molar-refractivity contribution in [3.8, 4) is 0 Å². The van der Waals surface area contributed by atoms with Crippen molar-refractivity contribution in [1.29, 1.82) is 0 Å². The maximum atomic E-state index is 4.75. The van der Waals surface area contributed by atoms with Crippen molar-refractivity contribution >= 4 is 69.6 Å². The minimum Gasteiger partial charge on any atom is -0.340 e. The second-order valence-electron chi connectivity index (χ2n) is 7.51. The van der Waals surface area contributed by atoms with Crippen LogP contribution >= 0.6 is 24.8 Å². The Morgan fingerprint density at radius 1 is 0.531 bits per heavy atom. The molecule has 32 heavy (non-hydrogen) atoms. The van der Waals surface area contributed by atoms with Gasteiger partial charge in [0.25, 0.3) is 0 Å². The summed E-state index contributed by atoms with van der Waals surface area (Å²) < 4.78 is 0. The Morgan fingerprint density at radius 2 is 0.969 bits per heavy atom. The first-order valence-electron chi connectivity index (χ1n) is 10.0. The lowest BCUT2D eigenvalue weighted by Gasteiger charge is -2.12. The van der Waals surface area contributed by atoms with Gasteiger partial charge in [0.15, 0.2) is 0 Å². The molecule has 3 aromatic carbocycles. The zero-order valence-corrected chi connectivity index (χ0v) is 19.4. The average Bonchev–Trinajstić information content (AvgIpc) is 2.74. The normalized spacial score (nSPS) is 10.3. The molecule has 0 atom stereocenters. The minimum atomic E-state index is 0. The van der Waals surface area contributed by atoms with Crippen LogP contribution in [-0.2, 0) is 0 Å². The van der Waals surface area contributed by atoms with E-state index in [4.69, 9.17) is 9.97 Å². The van der Waals surface area contributed by atoms with Gasteiger partial charge in [-0.2, -0.15) is 0 Å². The predicted molar refractivity (Wildman–Crippen MR) is 140 cm³/mol. The highest BCUT2D eigenvalue weighted by Crippen LogP contribution is 2.26. The minimum absolute atomic E-state index is 0. The third-order valence-corrected chi connectivity index (χ3v) is 5.25. The number of halogens is 2. The van der Waals surface area contributed by atoms with Crippen molar-refractivity contribution in [2.45, 2.75) is 13.8 Å². The smallest absolute Gasteiger partial charge is 0.131 e. The Labute approximate surface area is 199 Å². The zero-order valence-electron chi connectivity index (χ0n) is 17.8. The van der Waals surface area contributed by atoms with Crippen LogP contribution in [0.1, 0.15) is 11.1 Å². The molecule has 2 N–H and O–H groups in total. The van der Waals surface area contributed by atoms with E-state index in [1.165, 1.54) is 21.9 Å². The number of hydrogen-bond donors (Lipinski definition) is 2. The number of benzene rings is 3. The van der Waals surface area contributed by atoms with Crippen molar-refractivity contribution < 1.29 is 0 Å². The highest BCUT2D eigenvalue weighted by molar-refractivity contribution is 5.86. The van der Waals surface area contributed by atoms with E-state index in [9.17, 15) is 0 Å². The van der Waals surface area contributed by atoms with E-state index in [-0.39, 0.29) is 24.8 Å². The number of anilines is 4. The molecule has 6 heteroatoms. The molecular weight excluding hydrogens is 439 g/mol. The van der Waals surface area contributed by atoms with E-state index in [1.807, 2.05) is 54.6 Å². The average molecular weight is 463 g/mol. The number of para-hydroxylation sites is 2. The summed E-state index contributed by atoms with van der Waals surface area (Å²) in [6.45, 7) is 4.22. The van der Waals surface area contributed by atoms with Gasteiger partial charge in [0, 0.05) is 22.1 Å². The molecule has 162 valence electrons. The lowest BCUT2D eigenvalue weighted by atomic mass is 10.1. The second kappa shape index (κ2) is 9.86. The Morgan fingerprint density at radius 3 is 1.44 bits per heavy atom. The summed E-state index contributed by atoms with van der Waals surface area (Å²) in [7, 11) is 0. The number of nitrogens with one attached hydrogen (secondary N) is 2. The quantitative estimate of drug-likeness (QED) is 0.286. The summed E-state index contributed by atoms with van der Waals surface area (Å²) in [5.41, 5.74) is 6.33. The number of hydrogen-bond acceptors (Lipinski definition) is 4. The van der Waals surface area contributed by atoms with Crippen LogP contribution < -0.4 is 10.6 Å². The largest absolute Gasteiger partial charge is 0.340 e. The fraction of sp³-hybridized carbons (Fsp3) is 0.0769. The first-order valence-corrected chi connectivity index (χ1v) is 10.0. The first-order chi connectivity index (χ1) is 14.7. The third kappa shape index (κ3) is 4.77. The molecule has 2 heterocycles. The SMILES string of the molecule is Cc1cc(Nc2cccc(Nc3cc(C)c4ccccc4n3)c2)nc2ccccc12.Cl.Cl. The Bertz CT molecular complexity index is 1280. The molecule has 0 spiro atoms. The molecule has 0 fully saturated rings. The second-order valence-corrected chi connectivity index (χ2v) is 7.51. The Hall–Kier alpha value is -3.34. The Kier molecular flexibility index (Phi) is 7.18. The molecule has 0 saturated carbocycles. The molecule has 0 unspecified atom stereocenters. The lowest BCUT2D eigenvalue weighted by molar-refractivity contribution is 1.33. The first kappa shape index (κ1) is 23.3. The van der Waals surface area contributed by atoms with Crippen LogP contribution in [0.25, 0.3) is 21.8 Å². The van der Waals surface area contributed by atoms with Gasteiger partial charge in [0.05, 0.1) is 11.0 Å².